The van der Waals surface area contributed by atoms with E-state index in [1.54, 1.807) is 12.1 Å². The van der Waals surface area contributed by atoms with Gasteiger partial charge < -0.3 is 10.1 Å². The van der Waals surface area contributed by atoms with Gasteiger partial charge in [-0.3, -0.25) is 0 Å². The Balaban J connectivity index is 2.04. The summed E-state index contributed by atoms with van der Waals surface area (Å²) in [5, 5.41) is 3.97. The van der Waals surface area contributed by atoms with Crippen molar-refractivity contribution in [1.82, 2.24) is 0 Å². The van der Waals surface area contributed by atoms with Crippen LogP contribution in [0.1, 0.15) is 15.9 Å². The Morgan fingerprint density at radius 3 is 2.60 bits per heavy atom. The normalized spacial score (nSPS) is 10.2. The highest BCUT2D eigenvalue weighted by atomic mass is 79.9. The number of halogens is 2. The number of esters is 1. The molecule has 0 heterocycles. The molecule has 5 heteroatoms. The molecule has 0 aliphatic carbocycles. The lowest BCUT2D eigenvalue weighted by Gasteiger charge is -2.09. The third kappa shape index (κ3) is 3.74. The molecule has 0 atom stereocenters. The molecule has 0 aliphatic heterocycles. The molecule has 1 N–H and O–H groups in total. The van der Waals surface area contributed by atoms with Gasteiger partial charge in [0, 0.05) is 21.7 Å². The molecule has 2 aromatic carbocycles. The van der Waals surface area contributed by atoms with Crippen LogP contribution in [-0.4, -0.2) is 13.1 Å². The fourth-order valence-electron chi connectivity index (χ4n) is 1.72. The number of anilines is 1. The summed E-state index contributed by atoms with van der Waals surface area (Å²) in [5.74, 6) is -0.339. The number of carbonyl (C=O) groups excluding carboxylic acids is 1. The van der Waals surface area contributed by atoms with E-state index in [0.29, 0.717) is 17.1 Å². The number of benzene rings is 2. The van der Waals surface area contributed by atoms with Crippen LogP contribution in [0.25, 0.3) is 0 Å². The van der Waals surface area contributed by atoms with E-state index in [-0.39, 0.29) is 5.97 Å². The average Bonchev–Trinajstić information content (AvgIpc) is 2.48. The predicted octanol–water partition coefficient (Wildman–Crippen LogP) is 4.50. The lowest BCUT2D eigenvalue weighted by molar-refractivity contribution is 0.0601. The zero-order valence-corrected chi connectivity index (χ0v) is 13.2. The van der Waals surface area contributed by atoms with E-state index in [1.807, 2.05) is 30.3 Å². The van der Waals surface area contributed by atoms with Gasteiger partial charge in [-0.2, -0.15) is 0 Å². The largest absolute Gasteiger partial charge is 0.465 e. The summed E-state index contributed by atoms with van der Waals surface area (Å²) < 4.78 is 5.65. The molecule has 0 fully saturated rings. The van der Waals surface area contributed by atoms with Gasteiger partial charge in [0.25, 0.3) is 0 Å². The Morgan fingerprint density at radius 1 is 1.25 bits per heavy atom. The van der Waals surface area contributed by atoms with Crippen molar-refractivity contribution in [3.63, 3.8) is 0 Å². The number of rotatable bonds is 4. The van der Waals surface area contributed by atoms with Gasteiger partial charge >= 0.3 is 5.97 Å². The number of nitrogens with one attached hydrogen (secondary N) is 1. The highest BCUT2D eigenvalue weighted by Crippen LogP contribution is 2.22. The number of hydrogen-bond acceptors (Lipinski definition) is 3. The Kier molecular flexibility index (Phi) is 5.04. The molecule has 0 radical (unpaired) electrons. The van der Waals surface area contributed by atoms with Crippen molar-refractivity contribution < 1.29 is 9.53 Å². The van der Waals surface area contributed by atoms with Crippen molar-refractivity contribution in [1.29, 1.82) is 0 Å². The van der Waals surface area contributed by atoms with Crippen LogP contribution in [0.4, 0.5) is 5.69 Å². The fourth-order valence-corrected chi connectivity index (χ4v) is 2.30. The van der Waals surface area contributed by atoms with E-state index in [4.69, 9.17) is 11.6 Å². The summed E-state index contributed by atoms with van der Waals surface area (Å²) in [6.07, 6.45) is 0. The topological polar surface area (TPSA) is 38.3 Å². The van der Waals surface area contributed by atoms with Crippen LogP contribution in [0.3, 0.4) is 0 Å². The van der Waals surface area contributed by atoms with Gasteiger partial charge in [-0.25, -0.2) is 4.79 Å². The fraction of sp³-hybridized carbons (Fsp3) is 0.133. The average molecular weight is 355 g/mol. The Bertz CT molecular complexity index is 614. The first kappa shape index (κ1) is 14.9. The first-order valence-corrected chi connectivity index (χ1v) is 7.13. The van der Waals surface area contributed by atoms with Gasteiger partial charge in [-0.1, -0.05) is 27.5 Å². The smallest absolute Gasteiger partial charge is 0.337 e. The van der Waals surface area contributed by atoms with Gasteiger partial charge in [-0.15, -0.1) is 0 Å². The maximum absolute atomic E-state index is 11.3. The first-order valence-electron chi connectivity index (χ1n) is 5.96. The van der Waals surface area contributed by atoms with Crippen LogP contribution in [0.15, 0.2) is 46.9 Å². The van der Waals surface area contributed by atoms with E-state index in [1.165, 1.54) is 7.11 Å². The second kappa shape index (κ2) is 6.77. The molecule has 0 spiro atoms. The van der Waals surface area contributed by atoms with Crippen LogP contribution in [-0.2, 0) is 11.3 Å². The van der Waals surface area contributed by atoms with E-state index in [2.05, 4.69) is 26.0 Å². The molecule has 0 saturated heterocycles. The van der Waals surface area contributed by atoms with Gasteiger partial charge in [0.15, 0.2) is 0 Å². The molecule has 0 unspecified atom stereocenters. The summed E-state index contributed by atoms with van der Waals surface area (Å²) in [6.45, 7) is 0.638. The molecule has 0 aliphatic rings. The van der Waals surface area contributed by atoms with E-state index < -0.39 is 0 Å². The minimum absolute atomic E-state index is 0.339. The Morgan fingerprint density at radius 2 is 1.95 bits per heavy atom. The van der Waals surface area contributed by atoms with E-state index in [9.17, 15) is 4.79 Å². The summed E-state index contributed by atoms with van der Waals surface area (Å²) in [5.41, 5.74) is 2.51. The third-order valence-electron chi connectivity index (χ3n) is 2.80. The monoisotopic (exact) mass is 353 g/mol. The SMILES string of the molecule is COC(=O)c1ccc(NCc2cc(Cl)ccc2Br)cc1. The molecule has 0 amide bonds. The zero-order chi connectivity index (χ0) is 14.5. The highest BCUT2D eigenvalue weighted by Gasteiger charge is 2.05. The predicted molar refractivity (Wildman–Crippen MR) is 84.3 cm³/mol. The molecule has 0 aromatic heterocycles. The van der Waals surface area contributed by atoms with Crippen LogP contribution >= 0.6 is 27.5 Å². The molecule has 20 heavy (non-hydrogen) atoms. The minimum Gasteiger partial charge on any atom is -0.465 e. The molecule has 2 aromatic rings. The van der Waals surface area contributed by atoms with Gasteiger partial charge in [0.2, 0.25) is 0 Å². The number of hydrogen-bond donors (Lipinski definition) is 1. The summed E-state index contributed by atoms with van der Waals surface area (Å²) >= 11 is 9.45. The van der Waals surface area contributed by atoms with Crippen molar-refractivity contribution in [2.24, 2.45) is 0 Å². The van der Waals surface area contributed by atoms with Crippen molar-refractivity contribution >= 4 is 39.2 Å². The molecular formula is C15H13BrClNO2. The number of carbonyl (C=O) groups is 1. The summed E-state index contributed by atoms with van der Waals surface area (Å²) in [6, 6.07) is 12.8. The minimum atomic E-state index is -0.339. The van der Waals surface area contributed by atoms with E-state index in [0.717, 1.165) is 15.7 Å². The lowest BCUT2D eigenvalue weighted by atomic mass is 10.2. The van der Waals surface area contributed by atoms with E-state index >= 15 is 0 Å². The number of ether oxygens (including phenoxy) is 1. The van der Waals surface area contributed by atoms with Crippen LogP contribution in [0.5, 0.6) is 0 Å². The van der Waals surface area contributed by atoms with Crippen molar-refractivity contribution in [2.45, 2.75) is 6.54 Å². The number of methoxy groups -OCH3 is 1. The van der Waals surface area contributed by atoms with Crippen LogP contribution in [0.2, 0.25) is 5.02 Å². The van der Waals surface area contributed by atoms with Crippen LogP contribution < -0.4 is 5.32 Å². The zero-order valence-electron chi connectivity index (χ0n) is 10.8. The standard InChI is InChI=1S/C15H13BrClNO2/c1-20-15(19)10-2-5-13(6-3-10)18-9-11-8-12(17)4-7-14(11)16/h2-8,18H,9H2,1H3. The van der Waals surface area contributed by atoms with Crippen LogP contribution in [0, 0.1) is 0 Å². The summed E-state index contributed by atoms with van der Waals surface area (Å²) in [7, 11) is 1.37. The van der Waals surface area contributed by atoms with Gasteiger partial charge in [0.1, 0.15) is 0 Å². The molecule has 0 saturated carbocycles. The van der Waals surface area contributed by atoms with Crippen molar-refractivity contribution in [3.8, 4) is 0 Å². The molecular weight excluding hydrogens is 342 g/mol. The maximum atomic E-state index is 11.3. The first-order chi connectivity index (χ1) is 9.60. The third-order valence-corrected chi connectivity index (χ3v) is 3.81. The lowest BCUT2D eigenvalue weighted by Crippen LogP contribution is -2.03. The Hall–Kier alpha value is -1.52. The summed E-state index contributed by atoms with van der Waals surface area (Å²) in [4.78, 5) is 11.3. The highest BCUT2D eigenvalue weighted by molar-refractivity contribution is 9.10. The molecule has 3 nitrogen and oxygen atoms in total. The molecule has 104 valence electrons. The maximum Gasteiger partial charge on any atom is 0.337 e. The van der Waals surface area contributed by atoms with Gasteiger partial charge in [-0.05, 0) is 48.0 Å². The quantitative estimate of drug-likeness (QED) is 0.822. The second-order valence-corrected chi connectivity index (χ2v) is 5.45. The molecule has 2 rings (SSSR count). The Labute approximate surface area is 131 Å². The second-order valence-electron chi connectivity index (χ2n) is 4.16. The van der Waals surface area contributed by atoms with Crippen molar-refractivity contribution in [3.05, 3.63) is 63.1 Å². The van der Waals surface area contributed by atoms with Crippen molar-refractivity contribution in [2.75, 3.05) is 12.4 Å². The molecule has 0 bridgehead atoms. The van der Waals surface area contributed by atoms with Gasteiger partial charge in [0.05, 0.1) is 12.7 Å².